The normalized spacial score (nSPS) is 17.9. The van der Waals surface area contributed by atoms with Crippen LogP contribution in [0, 0.1) is 5.41 Å². The largest absolute Gasteiger partial charge is 0.469 e. The topological polar surface area (TPSA) is 72.5 Å². The van der Waals surface area contributed by atoms with Gasteiger partial charge in [-0.05, 0) is 25.2 Å². The lowest BCUT2D eigenvalue weighted by Gasteiger charge is -2.12. The zero-order chi connectivity index (χ0) is 13.6. The number of carbonyl (C=O) groups excluding carboxylic acids is 2. The van der Waals surface area contributed by atoms with Gasteiger partial charge in [-0.3, -0.25) is 13.8 Å². The maximum Gasteiger partial charge on any atom is 0.306 e. The van der Waals surface area contributed by atoms with Gasteiger partial charge < -0.3 is 10.1 Å². The first-order valence-corrected chi connectivity index (χ1v) is 7.68. The summed E-state index contributed by atoms with van der Waals surface area (Å²) in [5, 5.41) is 2.67. The summed E-state index contributed by atoms with van der Waals surface area (Å²) < 4.78 is 16.5. The van der Waals surface area contributed by atoms with Gasteiger partial charge in [-0.25, -0.2) is 0 Å². The summed E-state index contributed by atoms with van der Waals surface area (Å²) in [6, 6.07) is 0. The average molecular weight is 275 g/mol. The number of methoxy groups -OCH3 is 1. The predicted octanol–water partition coefficient (Wildman–Crippen LogP) is 0.605. The predicted molar refractivity (Wildman–Crippen MR) is 69.5 cm³/mol. The maximum atomic E-state index is 11.9. The lowest BCUT2D eigenvalue weighted by Crippen LogP contribution is -2.25. The van der Waals surface area contributed by atoms with Crippen LogP contribution in [0.5, 0.6) is 0 Å². The average Bonchev–Trinajstić information content (AvgIpc) is 3.06. The molecule has 5 nitrogen and oxygen atoms in total. The second-order valence-corrected chi connectivity index (χ2v) is 6.32. The Morgan fingerprint density at radius 3 is 2.56 bits per heavy atom. The Labute approximate surface area is 110 Å². The van der Waals surface area contributed by atoms with Crippen LogP contribution in [0.1, 0.15) is 32.6 Å². The molecule has 0 bridgehead atoms. The molecule has 0 heterocycles. The SMILES string of the molecule is CCNC(=O)CCS(=O)CC1(CC(=O)OC)CC1. The van der Waals surface area contributed by atoms with Crippen LogP contribution < -0.4 is 5.32 Å². The first-order chi connectivity index (χ1) is 8.51. The van der Waals surface area contributed by atoms with E-state index in [9.17, 15) is 13.8 Å². The number of rotatable bonds is 8. The van der Waals surface area contributed by atoms with Crippen LogP contribution in [-0.4, -0.2) is 41.2 Å². The van der Waals surface area contributed by atoms with Gasteiger partial charge in [-0.1, -0.05) is 0 Å². The third kappa shape index (κ3) is 5.16. The highest BCUT2D eigenvalue weighted by Crippen LogP contribution is 2.49. The van der Waals surface area contributed by atoms with E-state index in [1.165, 1.54) is 7.11 Å². The van der Waals surface area contributed by atoms with Gasteiger partial charge in [0.05, 0.1) is 13.5 Å². The Bertz CT molecular complexity index is 339. The lowest BCUT2D eigenvalue weighted by molar-refractivity contribution is -0.141. The molecule has 18 heavy (non-hydrogen) atoms. The second-order valence-electron chi connectivity index (χ2n) is 4.74. The fourth-order valence-corrected chi connectivity index (χ4v) is 3.46. The molecule has 0 radical (unpaired) electrons. The molecule has 1 amide bonds. The minimum Gasteiger partial charge on any atom is -0.469 e. The van der Waals surface area contributed by atoms with Crippen molar-refractivity contribution in [2.75, 3.05) is 25.2 Å². The van der Waals surface area contributed by atoms with E-state index in [2.05, 4.69) is 10.1 Å². The summed E-state index contributed by atoms with van der Waals surface area (Å²) in [4.78, 5) is 22.4. The highest BCUT2D eigenvalue weighted by molar-refractivity contribution is 7.85. The van der Waals surface area contributed by atoms with Gasteiger partial charge in [0.2, 0.25) is 5.91 Å². The molecule has 1 aliphatic rings. The van der Waals surface area contributed by atoms with Crippen LogP contribution >= 0.6 is 0 Å². The van der Waals surface area contributed by atoms with Crippen molar-refractivity contribution < 1.29 is 18.5 Å². The number of hydrogen-bond acceptors (Lipinski definition) is 4. The summed E-state index contributed by atoms with van der Waals surface area (Å²) in [6.07, 6.45) is 2.48. The van der Waals surface area contributed by atoms with Crippen molar-refractivity contribution >= 4 is 22.7 Å². The fraction of sp³-hybridized carbons (Fsp3) is 0.833. The van der Waals surface area contributed by atoms with Crippen molar-refractivity contribution in [1.82, 2.24) is 5.32 Å². The van der Waals surface area contributed by atoms with Crippen molar-refractivity contribution in [2.24, 2.45) is 5.41 Å². The molecule has 104 valence electrons. The van der Waals surface area contributed by atoms with Crippen LogP contribution in [0.4, 0.5) is 0 Å². The number of ether oxygens (including phenoxy) is 1. The Morgan fingerprint density at radius 2 is 2.06 bits per heavy atom. The van der Waals surface area contributed by atoms with Crippen molar-refractivity contribution in [3.05, 3.63) is 0 Å². The first kappa shape index (κ1) is 15.1. The Kier molecular flexibility index (Phi) is 5.78. The van der Waals surface area contributed by atoms with Crippen LogP contribution in [0.3, 0.4) is 0 Å². The first-order valence-electron chi connectivity index (χ1n) is 6.20. The van der Waals surface area contributed by atoms with E-state index in [1.807, 2.05) is 6.92 Å². The molecule has 0 aliphatic heterocycles. The van der Waals surface area contributed by atoms with Crippen LogP contribution in [0.25, 0.3) is 0 Å². The van der Waals surface area contributed by atoms with Gasteiger partial charge in [0.1, 0.15) is 0 Å². The van der Waals surface area contributed by atoms with Gasteiger partial charge in [0.15, 0.2) is 0 Å². The fourth-order valence-electron chi connectivity index (χ4n) is 1.83. The van der Waals surface area contributed by atoms with Gasteiger partial charge >= 0.3 is 5.97 Å². The van der Waals surface area contributed by atoms with E-state index in [-0.39, 0.29) is 23.7 Å². The van der Waals surface area contributed by atoms with Crippen molar-refractivity contribution in [3.63, 3.8) is 0 Å². The third-order valence-electron chi connectivity index (χ3n) is 3.10. The standard InChI is InChI=1S/C12H21NO4S/c1-3-13-10(14)4-7-18(16)9-12(5-6-12)8-11(15)17-2/h3-9H2,1-2H3,(H,13,14). The number of amides is 1. The smallest absolute Gasteiger partial charge is 0.306 e. The van der Waals surface area contributed by atoms with Gasteiger partial charge in [0.25, 0.3) is 0 Å². The molecule has 1 saturated carbocycles. The van der Waals surface area contributed by atoms with Crippen molar-refractivity contribution in [3.8, 4) is 0 Å². The van der Waals surface area contributed by atoms with E-state index in [0.29, 0.717) is 24.5 Å². The van der Waals surface area contributed by atoms with Gasteiger partial charge in [-0.2, -0.15) is 0 Å². The van der Waals surface area contributed by atoms with E-state index in [0.717, 1.165) is 12.8 Å². The molecule has 0 aromatic rings. The van der Waals surface area contributed by atoms with Gasteiger partial charge in [0, 0.05) is 35.3 Å². The molecular formula is C12H21NO4S. The molecule has 1 fully saturated rings. The molecule has 0 aromatic heterocycles. The van der Waals surface area contributed by atoms with Gasteiger partial charge in [-0.15, -0.1) is 0 Å². The van der Waals surface area contributed by atoms with Crippen LogP contribution in [0.15, 0.2) is 0 Å². The van der Waals surface area contributed by atoms with Crippen LogP contribution in [-0.2, 0) is 25.1 Å². The third-order valence-corrected chi connectivity index (χ3v) is 4.70. The number of carbonyl (C=O) groups is 2. The number of esters is 1. The molecule has 1 N–H and O–H groups in total. The Balaban J connectivity index is 2.27. The van der Waals surface area contributed by atoms with E-state index >= 15 is 0 Å². The molecule has 1 atom stereocenters. The monoisotopic (exact) mass is 275 g/mol. The lowest BCUT2D eigenvalue weighted by atomic mass is 10.1. The number of nitrogens with one attached hydrogen (secondary N) is 1. The molecule has 0 spiro atoms. The molecule has 0 aromatic carbocycles. The quantitative estimate of drug-likeness (QED) is 0.659. The Morgan fingerprint density at radius 1 is 1.39 bits per heavy atom. The zero-order valence-corrected chi connectivity index (χ0v) is 11.8. The van der Waals surface area contributed by atoms with Crippen molar-refractivity contribution in [2.45, 2.75) is 32.6 Å². The second kappa shape index (κ2) is 6.87. The molecule has 1 rings (SSSR count). The molecule has 0 saturated heterocycles. The summed E-state index contributed by atoms with van der Waals surface area (Å²) in [7, 11) is 0.327. The number of hydrogen-bond donors (Lipinski definition) is 1. The van der Waals surface area contributed by atoms with E-state index in [1.54, 1.807) is 0 Å². The van der Waals surface area contributed by atoms with E-state index in [4.69, 9.17) is 0 Å². The molecule has 1 unspecified atom stereocenters. The van der Waals surface area contributed by atoms with E-state index < -0.39 is 10.8 Å². The minimum absolute atomic E-state index is 0.0661. The highest BCUT2D eigenvalue weighted by Gasteiger charge is 2.45. The van der Waals surface area contributed by atoms with Crippen LogP contribution in [0.2, 0.25) is 0 Å². The van der Waals surface area contributed by atoms with Crippen molar-refractivity contribution in [1.29, 1.82) is 0 Å². The highest BCUT2D eigenvalue weighted by atomic mass is 32.2. The Hall–Kier alpha value is -0.910. The maximum absolute atomic E-state index is 11.9. The molecular weight excluding hydrogens is 254 g/mol. The summed E-state index contributed by atoms with van der Waals surface area (Å²) in [5.41, 5.74) is -0.126. The summed E-state index contributed by atoms with van der Waals surface area (Å²) in [5.74, 6) is 0.563. The minimum atomic E-state index is -1.04. The molecule has 6 heteroatoms. The summed E-state index contributed by atoms with van der Waals surface area (Å²) >= 11 is 0. The zero-order valence-electron chi connectivity index (χ0n) is 11.0. The summed E-state index contributed by atoms with van der Waals surface area (Å²) in [6.45, 7) is 2.45. The molecule has 1 aliphatic carbocycles.